The number of likely N-dealkylation sites (N-methyl/N-ethyl adjacent to an activating group) is 1. The van der Waals surface area contributed by atoms with Crippen molar-refractivity contribution < 1.29 is 9.59 Å². The van der Waals surface area contributed by atoms with Crippen molar-refractivity contribution in [1.29, 1.82) is 0 Å². The fraction of sp³-hybridized carbons (Fsp3) is 0.375. The third-order valence-corrected chi connectivity index (χ3v) is 4.82. The molecule has 1 aromatic carbocycles. The van der Waals surface area contributed by atoms with Crippen molar-refractivity contribution in [3.8, 4) is 11.1 Å². The molecule has 0 atom stereocenters. The quantitative estimate of drug-likeness (QED) is 0.697. The summed E-state index contributed by atoms with van der Waals surface area (Å²) in [7, 11) is 3.95. The van der Waals surface area contributed by atoms with E-state index in [4.69, 9.17) is 0 Å². The fourth-order valence-electron chi connectivity index (χ4n) is 3.03. The second kappa shape index (κ2) is 10.1. The van der Waals surface area contributed by atoms with Gasteiger partial charge in [0.05, 0.1) is 0 Å². The Morgan fingerprint density at radius 2 is 1.83 bits per heavy atom. The van der Waals surface area contributed by atoms with E-state index < -0.39 is 0 Å². The van der Waals surface area contributed by atoms with E-state index in [1.54, 1.807) is 6.92 Å². The average Bonchev–Trinajstić information content (AvgIpc) is 2.64. The smallest absolute Gasteiger partial charge is 0.246 e. The van der Waals surface area contributed by atoms with Crippen LogP contribution >= 0.6 is 0 Å². The van der Waals surface area contributed by atoms with E-state index >= 15 is 0 Å². The summed E-state index contributed by atoms with van der Waals surface area (Å²) in [6, 6.07) is 8.16. The lowest BCUT2D eigenvalue weighted by Crippen LogP contribution is -2.31. The molecule has 0 aliphatic rings. The molecule has 1 aromatic heterocycles. The molecule has 0 saturated carbocycles. The van der Waals surface area contributed by atoms with Crippen LogP contribution in [0.2, 0.25) is 0 Å². The Labute approximate surface area is 173 Å². The Balaban J connectivity index is 2.24. The number of amides is 1. The van der Waals surface area contributed by atoms with E-state index in [2.05, 4.69) is 22.4 Å². The van der Waals surface area contributed by atoms with Crippen molar-refractivity contribution >= 4 is 17.8 Å². The zero-order chi connectivity index (χ0) is 21.6. The van der Waals surface area contributed by atoms with Crippen LogP contribution < -0.4 is 5.32 Å². The van der Waals surface area contributed by atoms with E-state index in [0.717, 1.165) is 40.1 Å². The molecule has 29 heavy (non-hydrogen) atoms. The lowest BCUT2D eigenvalue weighted by Gasteiger charge is -2.11. The fourth-order valence-corrected chi connectivity index (χ4v) is 3.03. The van der Waals surface area contributed by atoms with Gasteiger partial charge in [-0.2, -0.15) is 0 Å². The summed E-state index contributed by atoms with van der Waals surface area (Å²) < 4.78 is 0. The van der Waals surface area contributed by atoms with Gasteiger partial charge in [0.1, 0.15) is 5.78 Å². The lowest BCUT2D eigenvalue weighted by molar-refractivity contribution is -0.117. The van der Waals surface area contributed by atoms with Crippen molar-refractivity contribution in [3.05, 3.63) is 58.4 Å². The molecule has 5 nitrogen and oxygen atoms in total. The first-order valence-electron chi connectivity index (χ1n) is 9.84. The van der Waals surface area contributed by atoms with Gasteiger partial charge in [0, 0.05) is 42.5 Å². The number of benzene rings is 1. The Morgan fingerprint density at radius 3 is 2.45 bits per heavy atom. The molecule has 0 fully saturated rings. The lowest BCUT2D eigenvalue weighted by atomic mass is 9.97. The van der Waals surface area contributed by atoms with Gasteiger partial charge in [0.2, 0.25) is 5.91 Å². The second-order valence-corrected chi connectivity index (χ2v) is 7.81. The molecule has 0 saturated heterocycles. The van der Waals surface area contributed by atoms with Crippen LogP contribution in [0.4, 0.5) is 0 Å². The van der Waals surface area contributed by atoms with Gasteiger partial charge in [0.15, 0.2) is 0 Å². The van der Waals surface area contributed by atoms with Crippen LogP contribution in [-0.4, -0.2) is 48.8 Å². The van der Waals surface area contributed by atoms with Gasteiger partial charge in [-0.25, -0.2) is 0 Å². The molecule has 0 spiro atoms. The number of nitrogens with zero attached hydrogens (tertiary/aromatic N) is 2. The molecule has 0 aliphatic heterocycles. The normalized spacial score (nSPS) is 11.6. The molecule has 0 unspecified atom stereocenters. The Kier molecular flexibility index (Phi) is 7.85. The van der Waals surface area contributed by atoms with Crippen LogP contribution in [0.5, 0.6) is 0 Å². The summed E-state index contributed by atoms with van der Waals surface area (Å²) in [5, 5.41) is 2.93. The molecular formula is C24H31N3O2. The summed E-state index contributed by atoms with van der Waals surface area (Å²) in [5.41, 5.74) is 6.62. The van der Waals surface area contributed by atoms with Gasteiger partial charge in [-0.1, -0.05) is 18.2 Å². The largest absolute Gasteiger partial charge is 0.351 e. The number of carbonyl (C=O) groups excluding carboxylic acids is 2. The first kappa shape index (κ1) is 22.5. The monoisotopic (exact) mass is 393 g/mol. The van der Waals surface area contributed by atoms with Crippen LogP contribution in [0.3, 0.4) is 0 Å². The molecule has 0 aliphatic carbocycles. The standard InChI is InChI=1S/C24H31N3O2/c1-16-11-21(8-7-20(16)13-18(3)28)23-14-22(19(4)26-15-23)12-17(2)24(29)25-9-10-27(5)6/h7-8,11-12,14-15H,9-10,13H2,1-6H3,(H,25,29)/b17-12+. The molecule has 2 aromatic rings. The zero-order valence-electron chi connectivity index (χ0n) is 18.3. The maximum atomic E-state index is 12.3. The van der Waals surface area contributed by atoms with Gasteiger partial charge < -0.3 is 10.2 Å². The SMILES string of the molecule is CC(=O)Cc1ccc(-c2cnc(C)c(/C=C(\C)C(=O)NCCN(C)C)c2)cc1C. The van der Waals surface area contributed by atoms with E-state index in [1.807, 2.05) is 64.2 Å². The first-order valence-corrected chi connectivity index (χ1v) is 9.84. The van der Waals surface area contributed by atoms with Crippen LogP contribution in [0.15, 0.2) is 36.0 Å². The number of aryl methyl sites for hydroxylation is 2. The van der Waals surface area contributed by atoms with Crippen molar-refractivity contribution in [3.63, 3.8) is 0 Å². The summed E-state index contributed by atoms with van der Waals surface area (Å²) >= 11 is 0. The van der Waals surface area contributed by atoms with Gasteiger partial charge in [-0.3, -0.25) is 14.6 Å². The molecule has 154 valence electrons. The summed E-state index contributed by atoms with van der Waals surface area (Å²) in [5.74, 6) is 0.0886. The van der Waals surface area contributed by atoms with Crippen molar-refractivity contribution in [1.82, 2.24) is 15.2 Å². The molecule has 2 rings (SSSR count). The topological polar surface area (TPSA) is 62.3 Å². The number of hydrogen-bond donors (Lipinski definition) is 1. The number of nitrogens with one attached hydrogen (secondary N) is 1. The average molecular weight is 394 g/mol. The highest BCUT2D eigenvalue weighted by molar-refractivity contribution is 5.97. The van der Waals surface area contributed by atoms with Crippen molar-refractivity contribution in [2.75, 3.05) is 27.2 Å². The van der Waals surface area contributed by atoms with E-state index in [1.165, 1.54) is 0 Å². The third kappa shape index (κ3) is 6.64. The van der Waals surface area contributed by atoms with E-state index in [9.17, 15) is 9.59 Å². The molecule has 0 radical (unpaired) electrons. The highest BCUT2D eigenvalue weighted by Crippen LogP contribution is 2.25. The second-order valence-electron chi connectivity index (χ2n) is 7.81. The molecule has 1 amide bonds. The predicted molar refractivity (Wildman–Crippen MR) is 119 cm³/mol. The first-order chi connectivity index (χ1) is 13.7. The summed E-state index contributed by atoms with van der Waals surface area (Å²) in [6.45, 7) is 8.79. The number of Topliss-reactive ketones (excluding diaryl/α,β-unsaturated/α-hetero) is 1. The predicted octanol–water partition coefficient (Wildman–Crippen LogP) is 3.58. The molecule has 0 bridgehead atoms. The Bertz CT molecular complexity index is 930. The number of pyridine rings is 1. The van der Waals surface area contributed by atoms with Gasteiger partial charge in [-0.05, 0) is 76.2 Å². The number of rotatable bonds is 8. The summed E-state index contributed by atoms with van der Waals surface area (Å²) in [4.78, 5) is 30.3. The Morgan fingerprint density at radius 1 is 1.10 bits per heavy atom. The minimum Gasteiger partial charge on any atom is -0.351 e. The summed E-state index contributed by atoms with van der Waals surface area (Å²) in [6.07, 6.45) is 4.18. The number of ketones is 1. The number of carbonyl (C=O) groups is 2. The van der Waals surface area contributed by atoms with Crippen molar-refractivity contribution in [2.45, 2.75) is 34.1 Å². The highest BCUT2D eigenvalue weighted by atomic mass is 16.1. The van der Waals surface area contributed by atoms with Gasteiger partial charge in [0.25, 0.3) is 0 Å². The van der Waals surface area contributed by atoms with Crippen LogP contribution in [0.1, 0.15) is 36.2 Å². The van der Waals surface area contributed by atoms with Gasteiger partial charge >= 0.3 is 0 Å². The van der Waals surface area contributed by atoms with Crippen molar-refractivity contribution in [2.24, 2.45) is 0 Å². The molecule has 1 N–H and O–H groups in total. The number of aromatic nitrogens is 1. The molecule has 5 heteroatoms. The van der Waals surface area contributed by atoms with Crippen LogP contribution in [0, 0.1) is 13.8 Å². The van der Waals surface area contributed by atoms with Crippen LogP contribution in [0.25, 0.3) is 17.2 Å². The third-order valence-electron chi connectivity index (χ3n) is 4.82. The minimum absolute atomic E-state index is 0.0684. The molecular weight excluding hydrogens is 362 g/mol. The minimum atomic E-state index is -0.0684. The number of hydrogen-bond acceptors (Lipinski definition) is 4. The zero-order valence-corrected chi connectivity index (χ0v) is 18.3. The maximum Gasteiger partial charge on any atom is 0.246 e. The van der Waals surface area contributed by atoms with Crippen LogP contribution in [-0.2, 0) is 16.0 Å². The molecule has 1 heterocycles. The Hall–Kier alpha value is -2.79. The van der Waals surface area contributed by atoms with Gasteiger partial charge in [-0.15, -0.1) is 0 Å². The van der Waals surface area contributed by atoms with E-state index in [-0.39, 0.29) is 11.7 Å². The highest BCUT2D eigenvalue weighted by Gasteiger charge is 2.09. The maximum absolute atomic E-state index is 12.3. The van der Waals surface area contributed by atoms with E-state index in [0.29, 0.717) is 18.5 Å².